The van der Waals surface area contributed by atoms with Crippen molar-refractivity contribution in [2.45, 2.75) is 18.9 Å². The van der Waals surface area contributed by atoms with Gasteiger partial charge in [0.1, 0.15) is 5.75 Å². The van der Waals surface area contributed by atoms with Crippen LogP contribution in [-0.2, 0) is 9.84 Å². The van der Waals surface area contributed by atoms with Crippen LogP contribution in [0, 0.1) is 0 Å². The summed E-state index contributed by atoms with van der Waals surface area (Å²) in [4.78, 5) is 2.12. The molecule has 0 unspecified atom stereocenters. The largest absolute Gasteiger partial charge is 0.493 e. The van der Waals surface area contributed by atoms with E-state index in [9.17, 15) is 8.42 Å². The smallest absolute Gasteiger partial charge is 0.231 e. The van der Waals surface area contributed by atoms with Crippen molar-refractivity contribution in [1.82, 2.24) is 4.90 Å². The zero-order valence-corrected chi connectivity index (χ0v) is 13.5. The van der Waals surface area contributed by atoms with Crippen molar-refractivity contribution in [3.63, 3.8) is 0 Å². The predicted octanol–water partition coefficient (Wildman–Crippen LogP) is 1.30. The molecule has 1 atom stereocenters. The number of sulfone groups is 1. The van der Waals surface area contributed by atoms with Crippen molar-refractivity contribution in [3.05, 3.63) is 18.2 Å². The molecule has 22 heavy (non-hydrogen) atoms. The van der Waals surface area contributed by atoms with Crippen molar-refractivity contribution in [3.8, 4) is 17.2 Å². The Bertz CT molecular complexity index is 631. The number of hydrogen-bond donors (Lipinski definition) is 0. The Hall–Kier alpha value is -1.47. The average molecular weight is 327 g/mol. The molecule has 7 heteroatoms. The Morgan fingerprint density at radius 2 is 2.14 bits per heavy atom. The first kappa shape index (κ1) is 15.4. The van der Waals surface area contributed by atoms with E-state index in [0.29, 0.717) is 18.1 Å². The summed E-state index contributed by atoms with van der Waals surface area (Å²) in [5.74, 6) is 2.82. The highest BCUT2D eigenvalue weighted by atomic mass is 32.2. The number of rotatable bonds is 6. The van der Waals surface area contributed by atoms with Crippen LogP contribution in [0.4, 0.5) is 0 Å². The van der Waals surface area contributed by atoms with Gasteiger partial charge in [0.2, 0.25) is 6.79 Å². The van der Waals surface area contributed by atoms with E-state index in [0.717, 1.165) is 30.9 Å². The molecule has 0 spiro atoms. The first-order valence-corrected chi connectivity index (χ1v) is 9.29. The number of fused-ring (bicyclic) bond motifs is 1. The Morgan fingerprint density at radius 1 is 1.32 bits per heavy atom. The molecule has 2 aliphatic rings. The molecular weight excluding hydrogens is 306 g/mol. The minimum atomic E-state index is -2.82. The molecule has 1 aromatic rings. The summed E-state index contributed by atoms with van der Waals surface area (Å²) < 4.78 is 39.2. The Kier molecular flexibility index (Phi) is 4.44. The lowest BCUT2D eigenvalue weighted by Crippen LogP contribution is -2.34. The first-order valence-electron chi connectivity index (χ1n) is 7.47. The van der Waals surface area contributed by atoms with Crippen molar-refractivity contribution >= 4 is 9.84 Å². The first-order chi connectivity index (χ1) is 10.5. The molecular formula is C15H21NO5S. The summed E-state index contributed by atoms with van der Waals surface area (Å²) in [6, 6.07) is 5.68. The summed E-state index contributed by atoms with van der Waals surface area (Å²) in [5.41, 5.74) is 0. The normalized spacial score (nSPS) is 22.2. The van der Waals surface area contributed by atoms with Crippen molar-refractivity contribution in [1.29, 1.82) is 0 Å². The molecule has 0 saturated carbocycles. The molecule has 2 aliphatic heterocycles. The fourth-order valence-corrected chi connectivity index (χ4v) is 4.58. The summed E-state index contributed by atoms with van der Waals surface area (Å²) in [6.07, 6.45) is 1.59. The van der Waals surface area contributed by atoms with Gasteiger partial charge in [0, 0.05) is 18.7 Å². The molecule has 0 aliphatic carbocycles. The lowest BCUT2D eigenvalue weighted by Gasteiger charge is -2.22. The second kappa shape index (κ2) is 6.34. The number of benzene rings is 1. The second-order valence-electron chi connectivity index (χ2n) is 5.75. The maximum absolute atomic E-state index is 11.5. The third-order valence-electron chi connectivity index (χ3n) is 4.10. The third kappa shape index (κ3) is 3.64. The Morgan fingerprint density at radius 3 is 2.91 bits per heavy atom. The maximum atomic E-state index is 11.5. The van der Waals surface area contributed by atoms with Gasteiger partial charge in [-0.25, -0.2) is 8.42 Å². The maximum Gasteiger partial charge on any atom is 0.231 e. The average Bonchev–Trinajstić information content (AvgIpc) is 3.08. The summed E-state index contributed by atoms with van der Waals surface area (Å²) in [5, 5.41) is 0. The van der Waals surface area contributed by atoms with Crippen molar-refractivity contribution < 1.29 is 22.6 Å². The molecule has 6 nitrogen and oxygen atoms in total. The van der Waals surface area contributed by atoms with Crippen LogP contribution >= 0.6 is 0 Å². The molecule has 122 valence electrons. The van der Waals surface area contributed by atoms with Crippen LogP contribution in [-0.4, -0.2) is 57.9 Å². The van der Waals surface area contributed by atoms with Gasteiger partial charge in [0.05, 0.1) is 18.1 Å². The second-order valence-corrected chi connectivity index (χ2v) is 7.98. The Labute approximate surface area is 130 Å². The SMILES string of the molecule is CN(CCCOc1ccc2c(c1)OCO2)[C@@H]1CCS(=O)(=O)C1. The van der Waals surface area contributed by atoms with E-state index < -0.39 is 9.84 Å². The Balaban J connectivity index is 1.40. The molecule has 2 heterocycles. The van der Waals surface area contributed by atoms with Crippen LogP contribution < -0.4 is 14.2 Å². The van der Waals surface area contributed by atoms with E-state index in [1.807, 2.05) is 25.2 Å². The topological polar surface area (TPSA) is 65.1 Å². The van der Waals surface area contributed by atoms with Gasteiger partial charge in [0.15, 0.2) is 21.3 Å². The minimum absolute atomic E-state index is 0.149. The van der Waals surface area contributed by atoms with E-state index in [1.165, 1.54) is 0 Å². The van der Waals surface area contributed by atoms with Gasteiger partial charge in [-0.15, -0.1) is 0 Å². The number of nitrogens with zero attached hydrogens (tertiary/aromatic N) is 1. The van der Waals surface area contributed by atoms with E-state index in [1.54, 1.807) is 0 Å². The van der Waals surface area contributed by atoms with E-state index in [4.69, 9.17) is 14.2 Å². The van der Waals surface area contributed by atoms with Crippen molar-refractivity contribution in [2.24, 2.45) is 0 Å². The molecule has 0 amide bonds. The highest BCUT2D eigenvalue weighted by Gasteiger charge is 2.30. The molecule has 1 aromatic carbocycles. The van der Waals surface area contributed by atoms with Crippen LogP contribution in [0.5, 0.6) is 17.2 Å². The summed E-state index contributed by atoms with van der Waals surface area (Å²) in [6.45, 7) is 1.67. The quantitative estimate of drug-likeness (QED) is 0.734. The molecule has 0 radical (unpaired) electrons. The fourth-order valence-electron chi connectivity index (χ4n) is 2.78. The van der Waals surface area contributed by atoms with Crippen LogP contribution in [0.3, 0.4) is 0 Å². The van der Waals surface area contributed by atoms with E-state index in [2.05, 4.69) is 4.90 Å². The van der Waals surface area contributed by atoms with Gasteiger partial charge in [-0.2, -0.15) is 0 Å². The zero-order valence-electron chi connectivity index (χ0n) is 12.7. The number of hydrogen-bond acceptors (Lipinski definition) is 6. The van der Waals surface area contributed by atoms with Gasteiger partial charge in [0.25, 0.3) is 0 Å². The molecule has 0 aromatic heterocycles. The van der Waals surface area contributed by atoms with Crippen molar-refractivity contribution in [2.75, 3.05) is 38.5 Å². The van der Waals surface area contributed by atoms with Crippen LogP contribution in [0.2, 0.25) is 0 Å². The molecule has 1 fully saturated rings. The summed E-state index contributed by atoms with van der Waals surface area (Å²) >= 11 is 0. The van der Waals surface area contributed by atoms with Gasteiger partial charge >= 0.3 is 0 Å². The van der Waals surface area contributed by atoms with E-state index >= 15 is 0 Å². The van der Waals surface area contributed by atoms with Crippen LogP contribution in [0.1, 0.15) is 12.8 Å². The highest BCUT2D eigenvalue weighted by molar-refractivity contribution is 7.91. The van der Waals surface area contributed by atoms with Gasteiger partial charge in [-0.3, -0.25) is 0 Å². The third-order valence-corrected chi connectivity index (χ3v) is 5.85. The lowest BCUT2D eigenvalue weighted by molar-refractivity contribution is 0.173. The molecule has 3 rings (SSSR count). The fraction of sp³-hybridized carbons (Fsp3) is 0.600. The highest BCUT2D eigenvalue weighted by Crippen LogP contribution is 2.35. The zero-order chi connectivity index (χ0) is 15.6. The molecule has 1 saturated heterocycles. The van der Waals surface area contributed by atoms with Gasteiger partial charge in [-0.1, -0.05) is 0 Å². The standard InChI is InChI=1S/C15H21NO5S/c1-16(12-5-8-22(17,18)10-12)6-2-7-19-13-3-4-14-15(9-13)21-11-20-14/h3-4,9,12H,2,5-8,10-11H2,1H3/t12-/m1/s1. The molecule has 0 N–H and O–H groups in total. The number of ether oxygens (including phenoxy) is 3. The van der Waals surface area contributed by atoms with E-state index in [-0.39, 0.29) is 18.6 Å². The monoisotopic (exact) mass is 327 g/mol. The van der Waals surface area contributed by atoms with Crippen LogP contribution in [0.25, 0.3) is 0 Å². The summed E-state index contributed by atoms with van der Waals surface area (Å²) in [7, 11) is -0.840. The van der Waals surface area contributed by atoms with Gasteiger partial charge in [-0.05, 0) is 32.0 Å². The van der Waals surface area contributed by atoms with Crippen LogP contribution in [0.15, 0.2) is 18.2 Å². The van der Waals surface area contributed by atoms with Gasteiger partial charge < -0.3 is 19.1 Å². The minimum Gasteiger partial charge on any atom is -0.493 e. The molecule has 0 bridgehead atoms. The predicted molar refractivity (Wildman–Crippen MR) is 82.4 cm³/mol. The lowest BCUT2D eigenvalue weighted by atomic mass is 10.2.